The molecule has 0 radical (unpaired) electrons. The van der Waals surface area contributed by atoms with Gasteiger partial charge in [-0.1, -0.05) is 0 Å². The second kappa shape index (κ2) is 9.48. The summed E-state index contributed by atoms with van der Waals surface area (Å²) in [5, 5.41) is 14.0. The summed E-state index contributed by atoms with van der Waals surface area (Å²) in [6, 6.07) is 7.41. The highest BCUT2D eigenvalue weighted by atomic mass is 16.5. The molecule has 0 saturated heterocycles. The second-order valence-corrected chi connectivity index (χ2v) is 4.14. The summed E-state index contributed by atoms with van der Waals surface area (Å²) in [7, 11) is 0. The fourth-order valence-electron chi connectivity index (χ4n) is 1.66. The molecule has 6 nitrogen and oxygen atoms in total. The van der Waals surface area contributed by atoms with E-state index in [4.69, 9.17) is 14.7 Å². The number of benzene rings is 1. The molecule has 0 aliphatic carbocycles. The van der Waals surface area contributed by atoms with Crippen LogP contribution in [0.25, 0.3) is 0 Å². The van der Waals surface area contributed by atoms with E-state index < -0.39 is 0 Å². The summed E-state index contributed by atoms with van der Waals surface area (Å²) >= 11 is 0. The van der Waals surface area contributed by atoms with Crippen molar-refractivity contribution in [3.05, 3.63) is 18.2 Å². The van der Waals surface area contributed by atoms with Gasteiger partial charge in [0.25, 0.3) is 0 Å². The summed E-state index contributed by atoms with van der Waals surface area (Å²) in [6.07, 6.45) is 0.309. The Morgan fingerprint density at radius 2 is 1.95 bits per heavy atom. The number of nitrogens with one attached hydrogen (secondary N) is 2. The first-order valence-corrected chi connectivity index (χ1v) is 6.98. The smallest absolute Gasteiger partial charge is 0.239 e. The van der Waals surface area contributed by atoms with Gasteiger partial charge in [-0.25, -0.2) is 0 Å². The van der Waals surface area contributed by atoms with Crippen LogP contribution in [0.4, 0.5) is 5.69 Å². The maximum absolute atomic E-state index is 11.5. The maximum atomic E-state index is 11.5. The lowest BCUT2D eigenvalue weighted by Gasteiger charge is -2.13. The topological polar surface area (TPSA) is 83.4 Å². The number of nitrogens with zero attached hydrogens (tertiary/aromatic N) is 1. The largest absolute Gasteiger partial charge is 0.490 e. The van der Waals surface area contributed by atoms with Crippen LogP contribution >= 0.6 is 0 Å². The molecule has 0 aliphatic rings. The van der Waals surface area contributed by atoms with Crippen molar-refractivity contribution in [2.24, 2.45) is 0 Å². The van der Waals surface area contributed by atoms with Gasteiger partial charge in [-0.05, 0) is 26.0 Å². The molecule has 21 heavy (non-hydrogen) atoms. The number of anilines is 1. The summed E-state index contributed by atoms with van der Waals surface area (Å²) in [5.41, 5.74) is 0.775. The molecular weight excluding hydrogens is 270 g/mol. The van der Waals surface area contributed by atoms with E-state index in [2.05, 4.69) is 10.6 Å². The van der Waals surface area contributed by atoms with Crippen molar-refractivity contribution >= 4 is 11.6 Å². The molecule has 114 valence electrons. The molecule has 0 spiro atoms. The summed E-state index contributed by atoms with van der Waals surface area (Å²) in [5.74, 6) is 1.18. The number of carbonyl (C=O) groups is 1. The van der Waals surface area contributed by atoms with Gasteiger partial charge in [0.15, 0.2) is 11.5 Å². The Bertz CT molecular complexity index is 497. The maximum Gasteiger partial charge on any atom is 0.239 e. The van der Waals surface area contributed by atoms with E-state index in [-0.39, 0.29) is 12.5 Å². The summed E-state index contributed by atoms with van der Waals surface area (Å²) in [4.78, 5) is 11.5. The molecular formula is C15H21N3O3. The molecule has 0 unspecified atom stereocenters. The normalized spacial score (nSPS) is 9.57. The van der Waals surface area contributed by atoms with Crippen molar-refractivity contribution in [1.82, 2.24) is 5.32 Å². The van der Waals surface area contributed by atoms with Gasteiger partial charge in [-0.15, -0.1) is 0 Å². The molecule has 0 heterocycles. The quantitative estimate of drug-likeness (QED) is 0.679. The van der Waals surface area contributed by atoms with Crippen LogP contribution in [0.5, 0.6) is 11.5 Å². The average Bonchev–Trinajstić information content (AvgIpc) is 2.48. The van der Waals surface area contributed by atoms with Crippen LogP contribution in [0.2, 0.25) is 0 Å². The molecule has 0 bridgehead atoms. The minimum atomic E-state index is -0.155. The van der Waals surface area contributed by atoms with Gasteiger partial charge in [0.1, 0.15) is 0 Å². The number of ether oxygens (including phenoxy) is 2. The van der Waals surface area contributed by atoms with Gasteiger partial charge in [-0.2, -0.15) is 5.26 Å². The number of amides is 1. The van der Waals surface area contributed by atoms with Crippen molar-refractivity contribution < 1.29 is 14.3 Å². The monoisotopic (exact) mass is 291 g/mol. The van der Waals surface area contributed by atoms with Crippen molar-refractivity contribution in [3.8, 4) is 17.6 Å². The average molecular weight is 291 g/mol. The number of rotatable bonds is 9. The Balaban J connectivity index is 2.57. The first-order valence-electron chi connectivity index (χ1n) is 6.98. The molecule has 1 aromatic carbocycles. The Morgan fingerprint density at radius 3 is 2.62 bits per heavy atom. The SMILES string of the molecule is CCOc1ccc(NCC(=O)NCCC#N)cc1OCC. The van der Waals surface area contributed by atoms with Gasteiger partial charge in [0, 0.05) is 18.3 Å². The highest BCUT2D eigenvalue weighted by Gasteiger charge is 2.07. The predicted octanol–water partition coefficient (Wildman–Crippen LogP) is 1.93. The van der Waals surface area contributed by atoms with Crippen molar-refractivity contribution in [2.45, 2.75) is 20.3 Å². The number of nitriles is 1. The highest BCUT2D eigenvalue weighted by molar-refractivity contribution is 5.80. The first kappa shape index (κ1) is 16.6. The molecule has 2 N–H and O–H groups in total. The summed E-state index contributed by atoms with van der Waals surface area (Å²) in [6.45, 7) is 5.42. The molecule has 6 heteroatoms. The van der Waals surface area contributed by atoms with Crippen molar-refractivity contribution in [2.75, 3.05) is 31.6 Å². The third kappa shape index (κ3) is 6.04. The van der Waals surface area contributed by atoms with Crippen LogP contribution in [0.3, 0.4) is 0 Å². The third-order valence-electron chi connectivity index (χ3n) is 2.56. The van der Waals surface area contributed by atoms with Crippen molar-refractivity contribution in [1.29, 1.82) is 5.26 Å². The van der Waals surface area contributed by atoms with E-state index in [9.17, 15) is 4.79 Å². The van der Waals surface area contributed by atoms with E-state index in [1.54, 1.807) is 6.07 Å². The molecule has 0 aromatic heterocycles. The van der Waals surface area contributed by atoms with Crippen LogP contribution in [-0.2, 0) is 4.79 Å². The molecule has 1 amide bonds. The lowest BCUT2D eigenvalue weighted by Crippen LogP contribution is -2.30. The minimum absolute atomic E-state index is 0.144. The Labute approximate surface area is 125 Å². The predicted molar refractivity (Wildman–Crippen MR) is 80.5 cm³/mol. The van der Waals surface area contributed by atoms with E-state index in [0.29, 0.717) is 37.7 Å². The molecule has 0 atom stereocenters. The van der Waals surface area contributed by atoms with Crippen molar-refractivity contribution in [3.63, 3.8) is 0 Å². The van der Waals surface area contributed by atoms with Crippen LogP contribution in [0.1, 0.15) is 20.3 Å². The van der Waals surface area contributed by atoms with Crippen LogP contribution in [-0.4, -0.2) is 32.2 Å². The van der Waals surface area contributed by atoms with Crippen LogP contribution < -0.4 is 20.1 Å². The fourth-order valence-corrected chi connectivity index (χ4v) is 1.66. The van der Waals surface area contributed by atoms with E-state index >= 15 is 0 Å². The number of hydrogen-bond acceptors (Lipinski definition) is 5. The van der Waals surface area contributed by atoms with E-state index in [1.165, 1.54) is 0 Å². The zero-order valence-electron chi connectivity index (χ0n) is 12.4. The lowest BCUT2D eigenvalue weighted by atomic mass is 10.2. The Hall–Kier alpha value is -2.42. The van der Waals surface area contributed by atoms with Gasteiger partial charge in [0.2, 0.25) is 5.91 Å². The van der Waals surface area contributed by atoms with E-state index in [1.807, 2.05) is 32.0 Å². The lowest BCUT2D eigenvalue weighted by molar-refractivity contribution is -0.119. The Morgan fingerprint density at radius 1 is 1.24 bits per heavy atom. The highest BCUT2D eigenvalue weighted by Crippen LogP contribution is 2.30. The van der Waals surface area contributed by atoms with Gasteiger partial charge < -0.3 is 20.1 Å². The minimum Gasteiger partial charge on any atom is -0.490 e. The van der Waals surface area contributed by atoms with Gasteiger partial charge in [-0.3, -0.25) is 4.79 Å². The molecule has 0 aliphatic heterocycles. The van der Waals surface area contributed by atoms with E-state index in [0.717, 1.165) is 5.69 Å². The number of hydrogen-bond donors (Lipinski definition) is 2. The van der Waals surface area contributed by atoms with Crippen LogP contribution in [0, 0.1) is 11.3 Å². The Kier molecular flexibility index (Phi) is 7.51. The molecule has 1 aromatic rings. The standard InChI is InChI=1S/C15H21N3O3/c1-3-20-13-7-6-12(10-14(13)21-4-2)18-11-15(19)17-9-5-8-16/h6-7,10,18H,3-5,9,11H2,1-2H3,(H,17,19). The molecule has 0 saturated carbocycles. The second-order valence-electron chi connectivity index (χ2n) is 4.14. The zero-order chi connectivity index (χ0) is 15.5. The molecule has 1 rings (SSSR count). The summed E-state index contributed by atoms with van der Waals surface area (Å²) < 4.78 is 11.0. The zero-order valence-corrected chi connectivity index (χ0v) is 12.4. The van der Waals surface area contributed by atoms with Gasteiger partial charge >= 0.3 is 0 Å². The van der Waals surface area contributed by atoms with Crippen LogP contribution in [0.15, 0.2) is 18.2 Å². The molecule has 0 fully saturated rings. The number of carbonyl (C=O) groups excluding carboxylic acids is 1. The fraction of sp³-hybridized carbons (Fsp3) is 0.467. The first-order chi connectivity index (χ1) is 10.2. The third-order valence-corrected chi connectivity index (χ3v) is 2.56. The van der Waals surface area contributed by atoms with Gasteiger partial charge in [0.05, 0.1) is 32.2 Å².